The van der Waals surface area contributed by atoms with Crippen molar-refractivity contribution in [1.29, 1.82) is 0 Å². The minimum absolute atomic E-state index is 0.0457. The number of halogens is 1. The van der Waals surface area contributed by atoms with E-state index in [1.807, 2.05) is 26.8 Å². The van der Waals surface area contributed by atoms with Crippen LogP contribution in [0.15, 0.2) is 30.9 Å². The maximum absolute atomic E-state index is 14.3. The summed E-state index contributed by atoms with van der Waals surface area (Å²) in [6.45, 7) is 11.0. The second-order valence-corrected chi connectivity index (χ2v) is 12.2. The molecule has 0 spiro atoms. The van der Waals surface area contributed by atoms with E-state index in [2.05, 4.69) is 21.9 Å². The molecule has 4 rings (SSSR count). The van der Waals surface area contributed by atoms with E-state index in [1.54, 1.807) is 32.2 Å². The van der Waals surface area contributed by atoms with Gasteiger partial charge in [0.05, 0.1) is 31.2 Å². The van der Waals surface area contributed by atoms with E-state index in [0.29, 0.717) is 22.7 Å². The van der Waals surface area contributed by atoms with Gasteiger partial charge in [-0.25, -0.2) is 19.6 Å². The summed E-state index contributed by atoms with van der Waals surface area (Å²) in [6, 6.07) is 3.66. The normalized spacial score (nSPS) is 26.9. The first-order chi connectivity index (χ1) is 20.5. The van der Waals surface area contributed by atoms with Crippen LogP contribution in [0.25, 0.3) is 11.0 Å². The number of rotatable bonds is 11. The van der Waals surface area contributed by atoms with Crippen LogP contribution >= 0.6 is 11.6 Å². The lowest BCUT2D eigenvalue weighted by Gasteiger charge is -2.35. The Morgan fingerprint density at radius 3 is 2.56 bits per heavy atom. The number of hydrogen-bond acceptors (Lipinski definition) is 9. The number of nitrogens with zero attached hydrogens (tertiary/aromatic N) is 3. The standard InChI is InChI=1S/C31H41ClN4O7/c1-8-9-10-11-20-14-24(20)43-30(38)35-26(17(2)3)29(37)36(31(39)41-7)16-25(18(4)19(36)5)42-28-27(32)33-22-13-12-21(40-6)15-23(22)34-28/h8,12-13,15,17-20,24-26H,1,9-11,14,16H2,2-7H3/p+1/t18?,19?,20-,24-,25+,26?,36?/m1/s1. The Morgan fingerprint density at radius 1 is 1.16 bits per heavy atom. The number of methoxy groups -OCH3 is 2. The first-order valence-electron chi connectivity index (χ1n) is 14.7. The molecule has 1 saturated carbocycles. The molecule has 1 saturated heterocycles. The summed E-state index contributed by atoms with van der Waals surface area (Å²) in [4.78, 5) is 49.6. The van der Waals surface area contributed by atoms with E-state index >= 15 is 0 Å². The molecule has 0 radical (unpaired) electrons. The van der Waals surface area contributed by atoms with E-state index in [0.717, 1.165) is 25.7 Å². The van der Waals surface area contributed by atoms with Gasteiger partial charge >= 0.3 is 18.1 Å². The number of quaternary nitrogens is 1. The van der Waals surface area contributed by atoms with Crippen molar-refractivity contribution >= 4 is 40.7 Å². The number of hydrogen-bond donors (Lipinski definition) is 1. The molecule has 43 heavy (non-hydrogen) atoms. The highest BCUT2D eigenvalue weighted by molar-refractivity contribution is 6.31. The maximum atomic E-state index is 14.3. The van der Waals surface area contributed by atoms with E-state index < -0.39 is 40.8 Å². The van der Waals surface area contributed by atoms with Gasteiger partial charge in [-0.15, -0.1) is 6.58 Å². The lowest BCUT2D eigenvalue weighted by Crippen LogP contribution is -2.66. The Balaban J connectivity index is 1.54. The number of benzene rings is 1. The average molecular weight is 618 g/mol. The molecule has 12 heteroatoms. The number of fused-ring (bicyclic) bond motifs is 1. The molecule has 1 aromatic carbocycles. The third-order valence-electron chi connectivity index (χ3n) is 8.77. The molecule has 1 aromatic heterocycles. The number of nitrogens with one attached hydrogen (secondary N) is 1. The van der Waals surface area contributed by atoms with Crippen LogP contribution in [0.4, 0.5) is 9.59 Å². The van der Waals surface area contributed by atoms with Crippen molar-refractivity contribution in [3.05, 3.63) is 36.0 Å². The molecule has 0 bridgehead atoms. The highest BCUT2D eigenvalue weighted by atomic mass is 35.5. The van der Waals surface area contributed by atoms with Crippen molar-refractivity contribution in [3.8, 4) is 11.6 Å². The van der Waals surface area contributed by atoms with Crippen LogP contribution in [-0.2, 0) is 14.3 Å². The summed E-state index contributed by atoms with van der Waals surface area (Å²) in [6.07, 6.45) is 3.31. The number of carbonyl (C=O) groups is 3. The number of ether oxygens (including phenoxy) is 4. The molecule has 2 fully saturated rings. The van der Waals surface area contributed by atoms with Gasteiger partial charge in [0.15, 0.2) is 17.3 Å². The first-order valence-corrected chi connectivity index (χ1v) is 15.1. The van der Waals surface area contributed by atoms with Crippen LogP contribution < -0.4 is 14.8 Å². The molecule has 1 aliphatic carbocycles. The average Bonchev–Trinajstić information content (AvgIpc) is 3.67. The summed E-state index contributed by atoms with van der Waals surface area (Å²) < 4.78 is 21.7. The molecule has 3 amide bonds. The molecule has 7 atom stereocenters. The number of amides is 3. The summed E-state index contributed by atoms with van der Waals surface area (Å²) in [5.74, 6) is -0.137. The predicted octanol–water partition coefficient (Wildman–Crippen LogP) is 5.68. The molecular formula is C31H42ClN4O7+. The molecule has 4 unspecified atom stereocenters. The Morgan fingerprint density at radius 2 is 1.91 bits per heavy atom. The van der Waals surface area contributed by atoms with Crippen molar-refractivity contribution in [3.63, 3.8) is 0 Å². The number of aromatic nitrogens is 2. The monoisotopic (exact) mass is 617 g/mol. The highest BCUT2D eigenvalue weighted by Crippen LogP contribution is 2.40. The third-order valence-corrected chi connectivity index (χ3v) is 9.02. The predicted molar refractivity (Wildman–Crippen MR) is 161 cm³/mol. The van der Waals surface area contributed by atoms with Crippen molar-refractivity contribution < 1.29 is 37.8 Å². The lowest BCUT2D eigenvalue weighted by molar-refractivity contribution is -0.796. The fraction of sp³-hybridized carbons (Fsp3) is 0.581. The zero-order valence-corrected chi connectivity index (χ0v) is 26.4. The molecule has 2 aromatic rings. The summed E-state index contributed by atoms with van der Waals surface area (Å²) in [7, 11) is 2.80. The van der Waals surface area contributed by atoms with Crippen LogP contribution in [0.3, 0.4) is 0 Å². The van der Waals surface area contributed by atoms with Crippen LogP contribution in [0, 0.1) is 17.8 Å². The molecule has 11 nitrogen and oxygen atoms in total. The van der Waals surface area contributed by atoms with Crippen molar-refractivity contribution in [1.82, 2.24) is 15.3 Å². The Hall–Kier alpha value is -3.44. The minimum atomic E-state index is -1.01. The zero-order chi connectivity index (χ0) is 31.5. The van der Waals surface area contributed by atoms with Gasteiger partial charge in [0.1, 0.15) is 24.4 Å². The first kappa shape index (κ1) is 32.5. The number of alkyl carbamates (subject to hydrolysis) is 1. The van der Waals surface area contributed by atoms with Crippen LogP contribution in [0.5, 0.6) is 11.6 Å². The molecule has 1 aliphatic heterocycles. The van der Waals surface area contributed by atoms with Crippen molar-refractivity contribution in [2.45, 2.75) is 77.7 Å². The second-order valence-electron chi connectivity index (χ2n) is 11.8. The summed E-state index contributed by atoms with van der Waals surface area (Å²) >= 11 is 6.45. The number of unbranched alkanes of at least 4 members (excludes halogenated alkanes) is 1. The molecular weight excluding hydrogens is 576 g/mol. The molecule has 2 heterocycles. The largest absolute Gasteiger partial charge is 0.523 e. The van der Waals surface area contributed by atoms with Gasteiger partial charge in [-0.3, -0.25) is 0 Å². The van der Waals surface area contributed by atoms with Gasteiger partial charge in [-0.05, 0) is 56.6 Å². The Labute approximate surface area is 257 Å². The number of allylic oxidation sites excluding steroid dienone is 1. The topological polar surface area (TPSA) is 126 Å². The van der Waals surface area contributed by atoms with E-state index in [4.69, 9.17) is 30.5 Å². The number of carbonyl (C=O) groups excluding carboxylic acids is 3. The Bertz CT molecular complexity index is 1370. The quantitative estimate of drug-likeness (QED) is 0.192. The zero-order valence-electron chi connectivity index (χ0n) is 25.7. The molecule has 2 aliphatic rings. The van der Waals surface area contributed by atoms with Gasteiger partial charge in [-0.1, -0.05) is 38.4 Å². The fourth-order valence-corrected chi connectivity index (χ4v) is 6.03. The van der Waals surface area contributed by atoms with Gasteiger partial charge in [0.2, 0.25) is 0 Å². The van der Waals surface area contributed by atoms with Gasteiger partial charge < -0.3 is 24.3 Å². The third kappa shape index (κ3) is 6.72. The minimum Gasteiger partial charge on any atom is -0.497 e. The lowest BCUT2D eigenvalue weighted by atomic mass is 9.99. The van der Waals surface area contributed by atoms with Crippen LogP contribution in [0.2, 0.25) is 5.15 Å². The summed E-state index contributed by atoms with van der Waals surface area (Å²) in [5.41, 5.74) is 1.08. The van der Waals surface area contributed by atoms with E-state index in [-0.39, 0.29) is 35.5 Å². The number of imide groups is 1. The van der Waals surface area contributed by atoms with Crippen LogP contribution in [-0.4, -0.2) is 77.6 Å². The van der Waals surface area contributed by atoms with E-state index in [1.165, 1.54) is 7.11 Å². The Kier molecular flexibility index (Phi) is 10.2. The maximum Gasteiger partial charge on any atom is 0.523 e. The second kappa shape index (κ2) is 13.5. The van der Waals surface area contributed by atoms with Gasteiger partial charge in [0.25, 0.3) is 5.88 Å². The molecule has 1 N–H and O–H groups in total. The summed E-state index contributed by atoms with van der Waals surface area (Å²) in [5, 5.41) is 2.80. The molecule has 234 valence electrons. The van der Waals surface area contributed by atoms with Gasteiger partial charge in [-0.2, -0.15) is 9.28 Å². The van der Waals surface area contributed by atoms with Gasteiger partial charge in [0, 0.05) is 6.07 Å². The van der Waals surface area contributed by atoms with Crippen LogP contribution in [0.1, 0.15) is 53.4 Å². The highest BCUT2D eigenvalue weighted by Gasteiger charge is 2.63. The van der Waals surface area contributed by atoms with E-state index in [9.17, 15) is 14.4 Å². The SMILES string of the molecule is C=CCCC[C@@H]1C[C@H]1OC(=O)NC(C(=O)[N+]1(C(=O)OC)C[C@H](Oc2nc3cc(OC)ccc3nc2Cl)C(C)C1C)C(C)C. The van der Waals surface area contributed by atoms with Crippen molar-refractivity contribution in [2.75, 3.05) is 20.8 Å². The fourth-order valence-electron chi connectivity index (χ4n) is 5.85. The van der Waals surface area contributed by atoms with Crippen molar-refractivity contribution in [2.24, 2.45) is 17.8 Å². The number of likely N-dealkylation sites (tertiary alicyclic amines) is 1. The smallest absolute Gasteiger partial charge is 0.497 e.